The Kier molecular flexibility index (Phi) is 5.87. The lowest BCUT2D eigenvalue weighted by Crippen LogP contribution is -2.32. The fourth-order valence-electron chi connectivity index (χ4n) is 2.91. The van der Waals surface area contributed by atoms with Crippen LogP contribution in [0.1, 0.15) is 28.1 Å². The summed E-state index contributed by atoms with van der Waals surface area (Å²) >= 11 is 0. The van der Waals surface area contributed by atoms with Gasteiger partial charge in [0.1, 0.15) is 11.3 Å². The molecule has 1 heterocycles. The molecule has 0 fully saturated rings. The highest BCUT2D eigenvalue weighted by Crippen LogP contribution is 2.21. The topological polar surface area (TPSA) is 53.7 Å². The minimum absolute atomic E-state index is 0.0445. The van der Waals surface area contributed by atoms with E-state index in [4.69, 9.17) is 9.52 Å². The number of rotatable bonds is 7. The maximum atomic E-state index is 12.9. The van der Waals surface area contributed by atoms with E-state index in [2.05, 4.69) is 0 Å². The van der Waals surface area contributed by atoms with Crippen molar-refractivity contribution >= 4 is 23.0 Å². The summed E-state index contributed by atoms with van der Waals surface area (Å²) in [6, 6.07) is 17.4. The molecule has 2 aromatic carbocycles. The number of hydrogen-bond acceptors (Lipinski definition) is 3. The first-order chi connectivity index (χ1) is 12.7. The van der Waals surface area contributed by atoms with Crippen LogP contribution >= 0.6 is 0 Å². The lowest BCUT2D eigenvalue weighted by Gasteiger charge is -2.21. The number of fused-ring (bicyclic) bond motifs is 1. The van der Waals surface area contributed by atoms with Crippen molar-refractivity contribution < 1.29 is 14.3 Å². The van der Waals surface area contributed by atoms with Gasteiger partial charge >= 0.3 is 0 Å². The quantitative estimate of drug-likeness (QED) is 0.693. The fraction of sp³-hybridized carbons (Fsp3) is 0.227. The lowest BCUT2D eigenvalue weighted by atomic mass is 10.1. The zero-order valence-corrected chi connectivity index (χ0v) is 14.9. The van der Waals surface area contributed by atoms with Crippen molar-refractivity contribution in [3.05, 3.63) is 77.6 Å². The van der Waals surface area contributed by atoms with Gasteiger partial charge in [0.25, 0.3) is 5.91 Å². The minimum atomic E-state index is -0.0445. The predicted octanol–water partition coefficient (Wildman–Crippen LogP) is 4.28. The van der Waals surface area contributed by atoms with Gasteiger partial charge in [-0.2, -0.15) is 0 Å². The molecule has 1 aromatic heterocycles. The Morgan fingerprint density at radius 1 is 1.15 bits per heavy atom. The van der Waals surface area contributed by atoms with Gasteiger partial charge in [0.05, 0.1) is 0 Å². The molecule has 0 aliphatic heterocycles. The summed E-state index contributed by atoms with van der Waals surface area (Å²) in [5, 5.41) is 10.1. The van der Waals surface area contributed by atoms with E-state index in [9.17, 15) is 4.79 Å². The molecular formula is C22H23NO3. The maximum absolute atomic E-state index is 12.9. The summed E-state index contributed by atoms with van der Waals surface area (Å²) in [4.78, 5) is 14.7. The summed E-state index contributed by atoms with van der Waals surface area (Å²) in [7, 11) is 0. The standard InChI is InChI=1S/C22H23NO3/c1-17-15-20-16-19(10-11-21(20)26-17)22(25)23(13-6-14-24)12-5-9-18-7-3-2-4-8-18/h2-5,7-11,15-16,24H,6,12-14H2,1H3/b9-5+. The fourth-order valence-corrected chi connectivity index (χ4v) is 2.91. The van der Waals surface area contributed by atoms with Crippen LogP contribution in [0.4, 0.5) is 0 Å². The molecule has 1 N–H and O–H groups in total. The highest BCUT2D eigenvalue weighted by Gasteiger charge is 2.15. The van der Waals surface area contributed by atoms with Crippen molar-refractivity contribution in [1.29, 1.82) is 0 Å². The second-order valence-corrected chi connectivity index (χ2v) is 6.25. The second-order valence-electron chi connectivity index (χ2n) is 6.25. The lowest BCUT2D eigenvalue weighted by molar-refractivity contribution is 0.0764. The molecule has 26 heavy (non-hydrogen) atoms. The largest absolute Gasteiger partial charge is 0.461 e. The molecule has 4 heteroatoms. The molecule has 1 amide bonds. The Hall–Kier alpha value is -2.85. The Morgan fingerprint density at radius 2 is 1.96 bits per heavy atom. The highest BCUT2D eigenvalue weighted by atomic mass is 16.3. The normalized spacial score (nSPS) is 11.3. The van der Waals surface area contributed by atoms with E-state index in [1.54, 1.807) is 11.0 Å². The smallest absolute Gasteiger partial charge is 0.254 e. The summed E-state index contributed by atoms with van der Waals surface area (Å²) in [6.07, 6.45) is 4.53. The number of benzene rings is 2. The van der Waals surface area contributed by atoms with E-state index < -0.39 is 0 Å². The monoisotopic (exact) mass is 349 g/mol. The first kappa shape index (κ1) is 18.0. The number of aliphatic hydroxyl groups is 1. The number of hydrogen-bond donors (Lipinski definition) is 1. The third-order valence-electron chi connectivity index (χ3n) is 4.20. The van der Waals surface area contributed by atoms with Crippen LogP contribution in [-0.2, 0) is 0 Å². The molecular weight excluding hydrogens is 326 g/mol. The van der Waals surface area contributed by atoms with Gasteiger partial charge in [-0.15, -0.1) is 0 Å². The first-order valence-corrected chi connectivity index (χ1v) is 8.79. The number of aliphatic hydroxyl groups excluding tert-OH is 1. The van der Waals surface area contributed by atoms with Crippen LogP contribution in [0.5, 0.6) is 0 Å². The SMILES string of the molecule is Cc1cc2cc(C(=O)N(C/C=C/c3ccccc3)CCCO)ccc2o1. The van der Waals surface area contributed by atoms with Gasteiger partial charge in [-0.1, -0.05) is 42.5 Å². The average Bonchev–Trinajstić information content (AvgIpc) is 3.04. The van der Waals surface area contributed by atoms with Crippen molar-refractivity contribution in [1.82, 2.24) is 4.90 Å². The van der Waals surface area contributed by atoms with E-state index in [0.717, 1.165) is 22.3 Å². The zero-order chi connectivity index (χ0) is 18.4. The number of carbonyl (C=O) groups excluding carboxylic acids is 1. The molecule has 0 unspecified atom stereocenters. The predicted molar refractivity (Wildman–Crippen MR) is 104 cm³/mol. The number of aryl methyl sites for hydroxylation is 1. The molecule has 0 atom stereocenters. The molecule has 0 aliphatic rings. The summed E-state index contributed by atoms with van der Waals surface area (Å²) in [6.45, 7) is 2.96. The minimum Gasteiger partial charge on any atom is -0.461 e. The van der Waals surface area contributed by atoms with E-state index in [1.165, 1.54) is 0 Å². The van der Waals surface area contributed by atoms with Gasteiger partial charge in [0, 0.05) is 30.6 Å². The van der Waals surface area contributed by atoms with E-state index in [0.29, 0.717) is 25.1 Å². The number of furan rings is 1. The Bertz CT molecular complexity index is 896. The number of carbonyl (C=O) groups is 1. The average molecular weight is 349 g/mol. The molecule has 0 radical (unpaired) electrons. The maximum Gasteiger partial charge on any atom is 0.254 e. The van der Waals surface area contributed by atoms with E-state index in [1.807, 2.05) is 67.6 Å². The van der Waals surface area contributed by atoms with Gasteiger partial charge in [0.15, 0.2) is 0 Å². The van der Waals surface area contributed by atoms with Crippen LogP contribution < -0.4 is 0 Å². The van der Waals surface area contributed by atoms with Crippen molar-refractivity contribution in [2.75, 3.05) is 19.7 Å². The van der Waals surface area contributed by atoms with Crippen LogP contribution in [0.3, 0.4) is 0 Å². The molecule has 0 saturated heterocycles. The molecule has 3 aromatic rings. The number of nitrogens with zero attached hydrogens (tertiary/aromatic N) is 1. The number of amides is 1. The third kappa shape index (κ3) is 4.41. The van der Waals surface area contributed by atoms with E-state index >= 15 is 0 Å². The van der Waals surface area contributed by atoms with Crippen LogP contribution in [0.2, 0.25) is 0 Å². The van der Waals surface area contributed by atoms with E-state index in [-0.39, 0.29) is 12.5 Å². The molecule has 0 aliphatic carbocycles. The molecule has 134 valence electrons. The van der Waals surface area contributed by atoms with Crippen molar-refractivity contribution in [2.24, 2.45) is 0 Å². The summed E-state index contributed by atoms with van der Waals surface area (Å²) < 4.78 is 5.57. The molecule has 0 spiro atoms. The van der Waals surface area contributed by atoms with Crippen LogP contribution in [0.25, 0.3) is 17.0 Å². The van der Waals surface area contributed by atoms with Crippen molar-refractivity contribution in [3.8, 4) is 0 Å². The third-order valence-corrected chi connectivity index (χ3v) is 4.20. The summed E-state index contributed by atoms with van der Waals surface area (Å²) in [5.74, 6) is 0.782. The molecule has 0 bridgehead atoms. The van der Waals surface area contributed by atoms with Crippen LogP contribution in [-0.4, -0.2) is 35.6 Å². The molecule has 3 rings (SSSR count). The first-order valence-electron chi connectivity index (χ1n) is 8.79. The molecule has 4 nitrogen and oxygen atoms in total. The Morgan fingerprint density at radius 3 is 2.73 bits per heavy atom. The Balaban J connectivity index is 1.76. The van der Waals surface area contributed by atoms with Gasteiger partial charge in [0.2, 0.25) is 0 Å². The zero-order valence-electron chi connectivity index (χ0n) is 14.9. The second kappa shape index (κ2) is 8.50. The van der Waals surface area contributed by atoms with Crippen LogP contribution in [0.15, 0.2) is 65.1 Å². The Labute approximate surface area is 153 Å². The van der Waals surface area contributed by atoms with Crippen LogP contribution in [0, 0.1) is 6.92 Å². The van der Waals surface area contributed by atoms with Gasteiger partial charge in [-0.05, 0) is 43.2 Å². The molecule has 0 saturated carbocycles. The van der Waals surface area contributed by atoms with Gasteiger partial charge in [-0.3, -0.25) is 4.79 Å². The van der Waals surface area contributed by atoms with Gasteiger partial charge < -0.3 is 14.4 Å². The van der Waals surface area contributed by atoms with Gasteiger partial charge in [-0.25, -0.2) is 0 Å². The summed E-state index contributed by atoms with van der Waals surface area (Å²) in [5.41, 5.74) is 2.51. The highest BCUT2D eigenvalue weighted by molar-refractivity contribution is 5.98. The van der Waals surface area contributed by atoms with Crippen molar-refractivity contribution in [2.45, 2.75) is 13.3 Å². The van der Waals surface area contributed by atoms with Crippen molar-refractivity contribution in [3.63, 3.8) is 0 Å².